The fourth-order valence-electron chi connectivity index (χ4n) is 2.75. The molecule has 0 unspecified atom stereocenters. The number of anilines is 1. The van der Waals surface area contributed by atoms with Gasteiger partial charge in [0.25, 0.3) is 11.8 Å². The Kier molecular flexibility index (Phi) is 7.71. The quantitative estimate of drug-likeness (QED) is 0.417. The molecule has 0 heterocycles. The summed E-state index contributed by atoms with van der Waals surface area (Å²) in [6.45, 7) is 0.0231. The first-order valence-corrected chi connectivity index (χ1v) is 9.76. The lowest BCUT2D eigenvalue weighted by atomic mass is 10.1. The predicted octanol–water partition coefficient (Wildman–Crippen LogP) is 4.07. The van der Waals surface area contributed by atoms with Gasteiger partial charge in [0.15, 0.2) is 6.61 Å². The summed E-state index contributed by atoms with van der Waals surface area (Å²) in [5.41, 5.74) is 1.60. The minimum absolute atomic E-state index is 0.0288. The summed E-state index contributed by atoms with van der Waals surface area (Å²) < 4.78 is 19.0. The highest BCUT2D eigenvalue weighted by molar-refractivity contribution is 6.01. The molecule has 3 aromatic rings. The van der Waals surface area contributed by atoms with E-state index in [2.05, 4.69) is 10.6 Å². The number of nitriles is 1. The monoisotopic (exact) mass is 429 g/mol. The Labute approximate surface area is 185 Å². The largest absolute Gasteiger partial charge is 0.484 e. The minimum atomic E-state index is -0.530. The number of ether oxygens (including phenoxy) is 1. The maximum atomic E-state index is 13.6. The molecule has 0 aliphatic heterocycles. The van der Waals surface area contributed by atoms with Crippen molar-refractivity contribution in [1.82, 2.24) is 5.32 Å². The Bertz CT molecular complexity index is 1150. The Morgan fingerprint density at radius 2 is 1.66 bits per heavy atom. The average molecular weight is 429 g/mol. The Morgan fingerprint density at radius 1 is 0.969 bits per heavy atom. The number of nitrogens with one attached hydrogen (secondary N) is 2. The second kappa shape index (κ2) is 11.1. The molecule has 0 aromatic heterocycles. The number of amides is 2. The van der Waals surface area contributed by atoms with Gasteiger partial charge in [0.05, 0.1) is 5.69 Å². The van der Waals surface area contributed by atoms with Crippen LogP contribution >= 0.6 is 0 Å². The van der Waals surface area contributed by atoms with Crippen LogP contribution in [-0.4, -0.2) is 18.4 Å². The van der Waals surface area contributed by atoms with Gasteiger partial charge >= 0.3 is 0 Å². The number of hydrogen-bond donors (Lipinski definition) is 2. The summed E-state index contributed by atoms with van der Waals surface area (Å²) in [5.74, 6) is -1.08. The number of nitrogens with zero attached hydrogens (tertiary/aromatic N) is 1. The number of carbonyl (C=O) groups is 2. The molecule has 2 N–H and O–H groups in total. The van der Waals surface area contributed by atoms with Gasteiger partial charge in [0.2, 0.25) is 0 Å². The lowest BCUT2D eigenvalue weighted by molar-refractivity contribution is -0.118. The molecule has 32 heavy (non-hydrogen) atoms. The van der Waals surface area contributed by atoms with E-state index in [-0.39, 0.29) is 17.9 Å². The third-order valence-electron chi connectivity index (χ3n) is 4.37. The molecule has 0 spiro atoms. The zero-order valence-electron chi connectivity index (χ0n) is 17.0. The molecule has 7 heteroatoms. The number of carbonyl (C=O) groups excluding carboxylic acids is 2. The Balaban J connectivity index is 1.53. The van der Waals surface area contributed by atoms with Crippen LogP contribution in [0, 0.1) is 17.1 Å². The molecular weight excluding hydrogens is 409 g/mol. The van der Waals surface area contributed by atoms with Crippen molar-refractivity contribution < 1.29 is 18.7 Å². The summed E-state index contributed by atoms with van der Waals surface area (Å²) in [6, 6.07) is 23.7. The highest BCUT2D eigenvalue weighted by Gasteiger charge is 2.10. The molecular formula is C25H20FN3O3. The number of rotatable bonds is 8. The summed E-state index contributed by atoms with van der Waals surface area (Å²) in [5, 5.41) is 14.5. The van der Waals surface area contributed by atoms with Gasteiger partial charge < -0.3 is 15.4 Å². The van der Waals surface area contributed by atoms with Gasteiger partial charge in [0.1, 0.15) is 23.2 Å². The number of hydrogen-bond acceptors (Lipinski definition) is 4. The van der Waals surface area contributed by atoms with E-state index in [4.69, 9.17) is 4.74 Å². The van der Waals surface area contributed by atoms with Crippen molar-refractivity contribution in [2.45, 2.75) is 6.54 Å². The standard InChI is InChI=1S/C25H20FN3O3/c26-22-8-4-5-9-23(22)29-24(30)17-32-21-12-10-18(11-13-21)14-20(15-27)25(31)28-16-19-6-2-1-3-7-19/h1-14H,16-17H2,(H,28,31)(H,29,30)/b20-14+. The van der Waals surface area contributed by atoms with E-state index in [1.807, 2.05) is 36.4 Å². The van der Waals surface area contributed by atoms with Crippen molar-refractivity contribution in [3.05, 3.63) is 101 Å². The van der Waals surface area contributed by atoms with E-state index in [9.17, 15) is 19.2 Å². The molecule has 0 bridgehead atoms. The zero-order valence-corrected chi connectivity index (χ0v) is 17.0. The second-order valence-electron chi connectivity index (χ2n) is 6.72. The van der Waals surface area contributed by atoms with Crippen LogP contribution in [0.1, 0.15) is 11.1 Å². The van der Waals surface area contributed by atoms with Crippen LogP contribution in [0.3, 0.4) is 0 Å². The van der Waals surface area contributed by atoms with E-state index in [0.717, 1.165) is 5.56 Å². The van der Waals surface area contributed by atoms with Crippen molar-refractivity contribution in [1.29, 1.82) is 5.26 Å². The van der Waals surface area contributed by atoms with E-state index < -0.39 is 17.6 Å². The van der Waals surface area contributed by atoms with Crippen molar-refractivity contribution in [2.24, 2.45) is 0 Å². The smallest absolute Gasteiger partial charge is 0.262 e. The van der Waals surface area contributed by atoms with Crippen LogP contribution < -0.4 is 15.4 Å². The summed E-state index contributed by atoms with van der Waals surface area (Å²) in [7, 11) is 0. The average Bonchev–Trinajstić information content (AvgIpc) is 2.82. The third-order valence-corrected chi connectivity index (χ3v) is 4.37. The van der Waals surface area contributed by atoms with Crippen LogP contribution in [0.2, 0.25) is 0 Å². The molecule has 0 fully saturated rings. The van der Waals surface area contributed by atoms with E-state index >= 15 is 0 Å². The van der Waals surface area contributed by atoms with Crippen LogP contribution in [0.5, 0.6) is 5.75 Å². The second-order valence-corrected chi connectivity index (χ2v) is 6.72. The van der Waals surface area contributed by atoms with Crippen molar-refractivity contribution in [2.75, 3.05) is 11.9 Å². The lowest BCUT2D eigenvalue weighted by Gasteiger charge is -2.08. The molecule has 0 radical (unpaired) electrons. The summed E-state index contributed by atoms with van der Waals surface area (Å²) in [4.78, 5) is 24.2. The summed E-state index contributed by atoms with van der Waals surface area (Å²) >= 11 is 0. The Morgan fingerprint density at radius 3 is 2.34 bits per heavy atom. The summed E-state index contributed by atoms with van der Waals surface area (Å²) in [6.07, 6.45) is 1.47. The fraction of sp³-hybridized carbons (Fsp3) is 0.0800. The van der Waals surface area contributed by atoms with Crippen LogP contribution in [0.4, 0.5) is 10.1 Å². The normalized spacial score (nSPS) is 10.7. The fourth-order valence-corrected chi connectivity index (χ4v) is 2.75. The van der Waals surface area contributed by atoms with E-state index in [0.29, 0.717) is 17.9 Å². The van der Waals surface area contributed by atoms with Gasteiger partial charge in [-0.25, -0.2) is 4.39 Å². The molecule has 160 valence electrons. The number of halogens is 1. The van der Waals surface area contributed by atoms with Gasteiger partial charge in [0, 0.05) is 6.54 Å². The molecule has 0 aliphatic carbocycles. The number of para-hydroxylation sites is 1. The Hall–Kier alpha value is -4.44. The first-order chi connectivity index (χ1) is 15.5. The number of benzene rings is 3. The van der Waals surface area contributed by atoms with Crippen LogP contribution in [0.15, 0.2) is 84.4 Å². The molecule has 3 aromatic carbocycles. The van der Waals surface area contributed by atoms with Gasteiger partial charge in [-0.1, -0.05) is 54.6 Å². The highest BCUT2D eigenvalue weighted by atomic mass is 19.1. The first-order valence-electron chi connectivity index (χ1n) is 9.76. The zero-order chi connectivity index (χ0) is 22.8. The minimum Gasteiger partial charge on any atom is -0.484 e. The highest BCUT2D eigenvalue weighted by Crippen LogP contribution is 2.16. The maximum Gasteiger partial charge on any atom is 0.262 e. The van der Waals surface area contributed by atoms with Gasteiger partial charge in [-0.3, -0.25) is 9.59 Å². The molecule has 6 nitrogen and oxygen atoms in total. The van der Waals surface area contributed by atoms with E-state index in [1.54, 1.807) is 30.3 Å². The molecule has 0 atom stereocenters. The molecule has 2 amide bonds. The first kappa shape index (κ1) is 22.2. The predicted molar refractivity (Wildman–Crippen MR) is 119 cm³/mol. The van der Waals surface area contributed by atoms with Crippen molar-refractivity contribution in [3.8, 4) is 11.8 Å². The molecule has 3 rings (SSSR count). The third kappa shape index (κ3) is 6.54. The van der Waals surface area contributed by atoms with Crippen LogP contribution in [0.25, 0.3) is 6.08 Å². The maximum absolute atomic E-state index is 13.6. The van der Waals surface area contributed by atoms with Crippen molar-refractivity contribution >= 4 is 23.6 Å². The van der Waals surface area contributed by atoms with Crippen molar-refractivity contribution in [3.63, 3.8) is 0 Å². The van der Waals surface area contributed by atoms with Crippen LogP contribution in [-0.2, 0) is 16.1 Å². The topological polar surface area (TPSA) is 91.2 Å². The lowest BCUT2D eigenvalue weighted by Crippen LogP contribution is -2.23. The van der Waals surface area contributed by atoms with Gasteiger partial charge in [-0.05, 0) is 41.5 Å². The molecule has 0 aliphatic rings. The van der Waals surface area contributed by atoms with Gasteiger partial charge in [-0.15, -0.1) is 0 Å². The van der Waals surface area contributed by atoms with E-state index in [1.165, 1.54) is 24.3 Å². The molecule has 0 saturated carbocycles. The SMILES string of the molecule is N#C/C(=C\c1ccc(OCC(=O)Nc2ccccc2F)cc1)C(=O)NCc1ccccc1. The van der Waals surface area contributed by atoms with Gasteiger partial charge in [-0.2, -0.15) is 5.26 Å². The molecule has 0 saturated heterocycles.